The third-order valence-electron chi connectivity index (χ3n) is 2.05. The van der Waals surface area contributed by atoms with E-state index in [0.29, 0.717) is 21.6 Å². The summed E-state index contributed by atoms with van der Waals surface area (Å²) in [4.78, 5) is 5.06. The van der Waals surface area contributed by atoms with Crippen LogP contribution in [0.3, 0.4) is 0 Å². The van der Waals surface area contributed by atoms with Crippen LogP contribution in [0.5, 0.6) is 0 Å². The molecule has 0 spiro atoms. The maximum absolute atomic E-state index is 6.15. The van der Waals surface area contributed by atoms with Gasteiger partial charge in [-0.25, -0.2) is 4.98 Å². The number of rotatable bonds is 2. The Balaban J connectivity index is 2.32. The van der Waals surface area contributed by atoms with Crippen molar-refractivity contribution in [3.05, 3.63) is 43.3 Å². The second-order valence-corrected chi connectivity index (χ2v) is 5.93. The molecule has 0 radical (unpaired) electrons. The molecule has 16 heavy (non-hydrogen) atoms. The maximum atomic E-state index is 6.15. The summed E-state index contributed by atoms with van der Waals surface area (Å²) in [5, 5.41) is 1.67. The van der Waals surface area contributed by atoms with Crippen LogP contribution in [0.2, 0.25) is 10.0 Å². The van der Waals surface area contributed by atoms with Crippen molar-refractivity contribution < 1.29 is 0 Å². The van der Waals surface area contributed by atoms with Gasteiger partial charge in [0.1, 0.15) is 0 Å². The molecule has 1 aromatic heterocycles. The van der Waals surface area contributed by atoms with Gasteiger partial charge < -0.3 is 5.73 Å². The highest BCUT2D eigenvalue weighted by molar-refractivity contribution is 9.10. The van der Waals surface area contributed by atoms with Crippen molar-refractivity contribution in [2.45, 2.75) is 6.42 Å². The van der Waals surface area contributed by atoms with Crippen molar-refractivity contribution in [3.63, 3.8) is 0 Å². The summed E-state index contributed by atoms with van der Waals surface area (Å²) in [6, 6.07) is 3.82. The first kappa shape index (κ1) is 12.2. The smallest absolute Gasteiger partial charge is 0.180 e. The van der Waals surface area contributed by atoms with Crippen LogP contribution in [0.1, 0.15) is 10.4 Å². The molecule has 2 nitrogen and oxygen atoms in total. The Morgan fingerprint density at radius 2 is 2.06 bits per heavy atom. The third kappa shape index (κ3) is 2.51. The fourth-order valence-corrected chi connectivity index (χ4v) is 2.86. The van der Waals surface area contributed by atoms with Crippen LogP contribution in [0, 0.1) is 0 Å². The molecule has 0 saturated heterocycles. The number of aromatic nitrogens is 1. The fourth-order valence-electron chi connectivity index (χ4n) is 1.29. The molecule has 84 valence electrons. The van der Waals surface area contributed by atoms with E-state index in [1.165, 1.54) is 11.3 Å². The Bertz CT molecular complexity index is 528. The second-order valence-electron chi connectivity index (χ2n) is 3.18. The minimum absolute atomic E-state index is 0.539. The summed E-state index contributed by atoms with van der Waals surface area (Å²) in [5.74, 6) is 0. The van der Waals surface area contributed by atoms with Gasteiger partial charge in [0.2, 0.25) is 0 Å². The van der Waals surface area contributed by atoms with Crippen LogP contribution in [0.15, 0.2) is 22.8 Å². The normalized spacial score (nSPS) is 10.7. The summed E-state index contributed by atoms with van der Waals surface area (Å²) < 4.78 is 0.798. The highest BCUT2D eigenvalue weighted by Gasteiger charge is 2.10. The number of benzene rings is 1. The predicted molar refractivity (Wildman–Crippen MR) is 73.5 cm³/mol. The highest BCUT2D eigenvalue weighted by atomic mass is 79.9. The van der Waals surface area contributed by atoms with Crippen LogP contribution < -0.4 is 5.73 Å². The second kappa shape index (κ2) is 4.92. The van der Waals surface area contributed by atoms with Crippen molar-refractivity contribution in [2.75, 3.05) is 5.73 Å². The van der Waals surface area contributed by atoms with Crippen molar-refractivity contribution >= 4 is 55.6 Å². The van der Waals surface area contributed by atoms with Crippen molar-refractivity contribution in [3.8, 4) is 0 Å². The zero-order valence-electron chi connectivity index (χ0n) is 8.01. The molecular weight excluding hydrogens is 331 g/mol. The molecule has 1 aromatic carbocycles. The topological polar surface area (TPSA) is 38.9 Å². The van der Waals surface area contributed by atoms with Crippen molar-refractivity contribution in [1.29, 1.82) is 0 Å². The minimum Gasteiger partial charge on any atom is -0.375 e. The van der Waals surface area contributed by atoms with Crippen LogP contribution in [-0.2, 0) is 6.42 Å². The van der Waals surface area contributed by atoms with E-state index in [-0.39, 0.29) is 0 Å². The van der Waals surface area contributed by atoms with Gasteiger partial charge in [0.15, 0.2) is 5.13 Å². The molecular formula is C10H7BrCl2N2S. The number of anilines is 1. The zero-order chi connectivity index (χ0) is 11.7. The zero-order valence-corrected chi connectivity index (χ0v) is 11.9. The van der Waals surface area contributed by atoms with Gasteiger partial charge in [0.25, 0.3) is 0 Å². The molecule has 0 aliphatic heterocycles. The molecule has 2 aromatic rings. The van der Waals surface area contributed by atoms with Crippen LogP contribution in [-0.4, -0.2) is 4.98 Å². The first-order chi connectivity index (χ1) is 7.58. The number of hydrogen-bond acceptors (Lipinski definition) is 3. The van der Waals surface area contributed by atoms with Gasteiger partial charge in [0.05, 0.1) is 10.0 Å². The van der Waals surface area contributed by atoms with Gasteiger partial charge in [-0.15, -0.1) is 11.3 Å². The average Bonchev–Trinajstić information content (AvgIpc) is 2.65. The quantitative estimate of drug-likeness (QED) is 0.825. The molecule has 0 aliphatic rings. The van der Waals surface area contributed by atoms with Gasteiger partial charge >= 0.3 is 0 Å². The Kier molecular flexibility index (Phi) is 3.74. The Morgan fingerprint density at radius 3 is 2.69 bits per heavy atom. The van der Waals surface area contributed by atoms with Crippen molar-refractivity contribution in [2.24, 2.45) is 0 Å². The lowest BCUT2D eigenvalue weighted by Crippen LogP contribution is -1.87. The van der Waals surface area contributed by atoms with E-state index in [9.17, 15) is 0 Å². The molecule has 0 saturated carbocycles. The molecule has 2 N–H and O–H groups in total. The van der Waals surface area contributed by atoms with E-state index in [2.05, 4.69) is 20.9 Å². The number of halogens is 3. The lowest BCUT2D eigenvalue weighted by atomic mass is 10.1. The predicted octanol–water partition coefficient (Wildman–Crippen LogP) is 4.39. The van der Waals surface area contributed by atoms with E-state index in [4.69, 9.17) is 28.9 Å². The molecule has 0 fully saturated rings. The summed E-state index contributed by atoms with van der Waals surface area (Å²) in [6.45, 7) is 0. The monoisotopic (exact) mass is 336 g/mol. The van der Waals surface area contributed by atoms with Crippen LogP contribution >= 0.6 is 50.5 Å². The molecule has 0 aliphatic carbocycles. The standard InChI is InChI=1S/C10H7BrCl2N2S/c11-7-2-1-5(8(12)9(7)13)3-6-4-15-10(14)16-6/h1-2,4H,3H2,(H2,14,15). The van der Waals surface area contributed by atoms with E-state index in [1.807, 2.05) is 12.1 Å². The summed E-state index contributed by atoms with van der Waals surface area (Å²) in [5.41, 5.74) is 6.54. The Morgan fingerprint density at radius 1 is 1.31 bits per heavy atom. The Hall–Kier alpha value is -0.290. The first-order valence-corrected chi connectivity index (χ1v) is 6.77. The van der Waals surface area contributed by atoms with Gasteiger partial charge in [-0.05, 0) is 27.6 Å². The van der Waals surface area contributed by atoms with Gasteiger partial charge in [-0.3, -0.25) is 0 Å². The first-order valence-electron chi connectivity index (χ1n) is 4.40. The van der Waals surface area contributed by atoms with Crippen molar-refractivity contribution in [1.82, 2.24) is 4.98 Å². The number of nitrogens with zero attached hydrogens (tertiary/aromatic N) is 1. The lowest BCUT2D eigenvalue weighted by Gasteiger charge is -2.05. The number of nitrogens with two attached hydrogens (primary N) is 1. The number of thiazole rings is 1. The SMILES string of the molecule is Nc1ncc(Cc2ccc(Br)c(Cl)c2Cl)s1. The van der Waals surface area contributed by atoms with Crippen LogP contribution in [0.4, 0.5) is 5.13 Å². The van der Waals surface area contributed by atoms with Gasteiger partial charge in [0, 0.05) is 22.0 Å². The number of nitrogen functional groups attached to an aromatic ring is 1. The van der Waals surface area contributed by atoms with E-state index in [1.54, 1.807) is 6.20 Å². The summed E-state index contributed by atoms with van der Waals surface area (Å²) >= 11 is 17.0. The molecule has 0 amide bonds. The summed E-state index contributed by atoms with van der Waals surface area (Å²) in [6.07, 6.45) is 2.45. The lowest BCUT2D eigenvalue weighted by molar-refractivity contribution is 1.22. The minimum atomic E-state index is 0.539. The highest BCUT2D eigenvalue weighted by Crippen LogP contribution is 2.34. The molecule has 0 unspecified atom stereocenters. The number of hydrogen-bond donors (Lipinski definition) is 1. The molecule has 6 heteroatoms. The van der Waals surface area contributed by atoms with E-state index in [0.717, 1.165) is 14.9 Å². The summed E-state index contributed by atoms with van der Waals surface area (Å²) in [7, 11) is 0. The third-order valence-corrected chi connectivity index (χ3v) is 4.69. The molecule has 2 rings (SSSR count). The van der Waals surface area contributed by atoms with Gasteiger partial charge in [-0.2, -0.15) is 0 Å². The average molecular weight is 338 g/mol. The fraction of sp³-hybridized carbons (Fsp3) is 0.100. The molecule has 0 atom stereocenters. The van der Waals surface area contributed by atoms with Crippen LogP contribution in [0.25, 0.3) is 0 Å². The van der Waals surface area contributed by atoms with E-state index >= 15 is 0 Å². The Labute approximate surface area is 116 Å². The molecule has 1 heterocycles. The maximum Gasteiger partial charge on any atom is 0.180 e. The van der Waals surface area contributed by atoms with Gasteiger partial charge in [-0.1, -0.05) is 29.3 Å². The largest absolute Gasteiger partial charge is 0.375 e. The molecule has 0 bridgehead atoms. The van der Waals surface area contributed by atoms with E-state index < -0.39 is 0 Å².